The fraction of sp³-hybridized carbons (Fsp3) is 0.273. The highest BCUT2D eigenvalue weighted by atomic mass is 32.2. The van der Waals surface area contributed by atoms with Gasteiger partial charge in [0.25, 0.3) is 10.0 Å². The highest BCUT2D eigenvalue weighted by Crippen LogP contribution is 2.53. The Morgan fingerprint density at radius 1 is 0.933 bits per heavy atom. The zero-order chi connectivity index (χ0) is 21.0. The number of methoxy groups -OCH3 is 1. The van der Waals surface area contributed by atoms with Crippen molar-refractivity contribution in [1.29, 1.82) is 0 Å². The number of carbonyl (C=O) groups is 2. The van der Waals surface area contributed by atoms with Crippen molar-refractivity contribution >= 4 is 33.2 Å². The minimum Gasteiger partial charge on any atom is -0.495 e. The number of carbonyl (C=O) groups excluding carboxylic acids is 2. The van der Waals surface area contributed by atoms with Gasteiger partial charge in [-0.1, -0.05) is 24.3 Å². The monoisotopic (exact) mass is 424 g/mol. The molecule has 154 valence electrons. The number of nitrogens with one attached hydrogen (secondary N) is 1. The Morgan fingerprint density at radius 3 is 2.13 bits per heavy atom. The van der Waals surface area contributed by atoms with Crippen LogP contribution < -0.4 is 14.4 Å². The smallest absolute Gasteiger partial charge is 0.262 e. The minimum absolute atomic E-state index is 0.0261. The first-order valence-corrected chi connectivity index (χ1v) is 11.2. The number of sulfonamides is 1. The second-order valence-electron chi connectivity index (χ2n) is 7.81. The van der Waals surface area contributed by atoms with Gasteiger partial charge in [0.15, 0.2) is 0 Å². The summed E-state index contributed by atoms with van der Waals surface area (Å²) in [5.74, 6) is -0.293. The van der Waals surface area contributed by atoms with E-state index in [1.54, 1.807) is 24.3 Å². The molecule has 2 aromatic rings. The highest BCUT2D eigenvalue weighted by Gasteiger charge is 2.59. The van der Waals surface area contributed by atoms with E-state index in [1.807, 2.05) is 12.2 Å². The van der Waals surface area contributed by atoms with Crippen molar-refractivity contribution in [2.24, 2.45) is 23.7 Å². The summed E-state index contributed by atoms with van der Waals surface area (Å²) >= 11 is 0. The van der Waals surface area contributed by atoms with Crippen LogP contribution in [0.4, 0.5) is 11.4 Å². The van der Waals surface area contributed by atoms with Crippen LogP contribution in [0.5, 0.6) is 5.75 Å². The maximum absolute atomic E-state index is 12.9. The first kappa shape index (κ1) is 18.9. The molecule has 30 heavy (non-hydrogen) atoms. The molecular formula is C22H20N2O5S. The largest absolute Gasteiger partial charge is 0.495 e. The summed E-state index contributed by atoms with van der Waals surface area (Å²) < 4.78 is 33.2. The number of para-hydroxylation sites is 2. The molecule has 4 atom stereocenters. The molecule has 8 heteroatoms. The standard InChI is InChI=1S/C22H20N2O5S/c1-29-18-5-3-2-4-17(18)23-30(27,28)16-10-8-15(9-11-16)24-21(25)19-13-6-7-14(12-13)20(19)22(24)26/h2-11,13-14,19-20,23H,12H2,1H3. The maximum Gasteiger partial charge on any atom is 0.262 e. The van der Waals surface area contributed by atoms with Gasteiger partial charge in [0.2, 0.25) is 11.8 Å². The molecule has 1 N–H and O–H groups in total. The Hall–Kier alpha value is -3.13. The van der Waals surface area contributed by atoms with Crippen LogP contribution in [-0.4, -0.2) is 27.3 Å². The van der Waals surface area contributed by atoms with Crippen LogP contribution in [0, 0.1) is 23.7 Å². The van der Waals surface area contributed by atoms with Gasteiger partial charge in [0.1, 0.15) is 5.75 Å². The molecule has 7 nitrogen and oxygen atoms in total. The molecule has 0 spiro atoms. The average Bonchev–Trinajstić information content (AvgIpc) is 3.42. The number of benzene rings is 2. The molecule has 0 aromatic heterocycles. The topological polar surface area (TPSA) is 92.8 Å². The number of ether oxygens (including phenoxy) is 1. The lowest BCUT2D eigenvalue weighted by atomic mass is 9.85. The third kappa shape index (κ3) is 2.74. The summed E-state index contributed by atoms with van der Waals surface area (Å²) in [6.45, 7) is 0. The van der Waals surface area contributed by atoms with Gasteiger partial charge in [-0.05, 0) is 54.7 Å². The van der Waals surface area contributed by atoms with E-state index in [9.17, 15) is 18.0 Å². The zero-order valence-corrected chi connectivity index (χ0v) is 17.0. The molecule has 3 aliphatic rings. The van der Waals surface area contributed by atoms with Gasteiger partial charge in [0, 0.05) is 0 Å². The molecule has 2 aliphatic carbocycles. The Morgan fingerprint density at radius 2 is 1.53 bits per heavy atom. The fourth-order valence-electron chi connectivity index (χ4n) is 4.86. The van der Waals surface area contributed by atoms with Gasteiger partial charge in [-0.2, -0.15) is 0 Å². The molecule has 2 aromatic carbocycles. The van der Waals surface area contributed by atoms with E-state index in [2.05, 4.69) is 4.72 Å². The molecule has 1 heterocycles. The molecule has 5 rings (SSSR count). The van der Waals surface area contributed by atoms with Crippen molar-refractivity contribution in [3.63, 3.8) is 0 Å². The van der Waals surface area contributed by atoms with Crippen molar-refractivity contribution < 1.29 is 22.7 Å². The average molecular weight is 424 g/mol. The molecular weight excluding hydrogens is 404 g/mol. The van der Waals surface area contributed by atoms with Gasteiger partial charge >= 0.3 is 0 Å². The predicted octanol–water partition coefficient (Wildman–Crippen LogP) is 2.81. The molecule has 0 radical (unpaired) electrons. The Labute approximate surface area is 174 Å². The van der Waals surface area contributed by atoms with Crippen molar-refractivity contribution in [2.45, 2.75) is 11.3 Å². The first-order valence-electron chi connectivity index (χ1n) is 9.73. The number of hydrogen-bond acceptors (Lipinski definition) is 5. The summed E-state index contributed by atoms with van der Waals surface area (Å²) in [5, 5.41) is 0. The van der Waals surface area contributed by atoms with Crippen molar-refractivity contribution in [3.8, 4) is 5.75 Å². The minimum atomic E-state index is -3.86. The Kier molecular flexibility index (Phi) is 4.21. The second kappa shape index (κ2) is 6.70. The predicted molar refractivity (Wildman–Crippen MR) is 110 cm³/mol. The molecule has 1 saturated carbocycles. The zero-order valence-electron chi connectivity index (χ0n) is 16.2. The van der Waals surface area contributed by atoms with Gasteiger partial charge in [0.05, 0.1) is 35.2 Å². The van der Waals surface area contributed by atoms with E-state index in [-0.39, 0.29) is 40.4 Å². The lowest BCUT2D eigenvalue weighted by molar-refractivity contribution is -0.123. The number of hydrogen-bond donors (Lipinski definition) is 1. The number of allylic oxidation sites excluding steroid dienone is 2. The van der Waals surface area contributed by atoms with Crippen molar-refractivity contribution in [2.75, 3.05) is 16.7 Å². The lowest BCUT2D eigenvalue weighted by Gasteiger charge is -2.18. The Balaban J connectivity index is 1.40. The molecule has 1 aliphatic heterocycles. The number of rotatable bonds is 5. The molecule has 2 bridgehead atoms. The molecule has 2 fully saturated rings. The summed E-state index contributed by atoms with van der Waals surface area (Å²) in [6, 6.07) is 12.5. The van der Waals surface area contributed by atoms with Crippen molar-refractivity contribution in [1.82, 2.24) is 0 Å². The first-order chi connectivity index (χ1) is 14.4. The van der Waals surface area contributed by atoms with Crippen LogP contribution >= 0.6 is 0 Å². The van der Waals surface area contributed by atoms with Gasteiger partial charge in [-0.15, -0.1) is 0 Å². The molecule has 2 amide bonds. The van der Waals surface area contributed by atoms with Gasteiger partial charge in [-0.3, -0.25) is 19.2 Å². The van der Waals surface area contributed by atoms with E-state index in [0.717, 1.165) is 6.42 Å². The van der Waals surface area contributed by atoms with E-state index in [1.165, 1.54) is 36.3 Å². The van der Waals surface area contributed by atoms with Gasteiger partial charge < -0.3 is 4.74 Å². The number of imide groups is 1. The summed E-state index contributed by atoms with van der Waals surface area (Å²) in [7, 11) is -2.40. The third-order valence-corrected chi connectivity index (χ3v) is 7.61. The summed E-state index contributed by atoms with van der Waals surface area (Å²) in [5.41, 5.74) is 0.722. The maximum atomic E-state index is 12.9. The SMILES string of the molecule is COc1ccccc1NS(=O)(=O)c1ccc(N2C(=O)C3C4C=CC(C4)C3C2=O)cc1. The third-order valence-electron chi connectivity index (χ3n) is 6.23. The quantitative estimate of drug-likeness (QED) is 0.589. The molecule has 1 saturated heterocycles. The summed E-state index contributed by atoms with van der Waals surface area (Å²) in [6.07, 6.45) is 4.95. The van der Waals surface area contributed by atoms with Crippen LogP contribution in [0.2, 0.25) is 0 Å². The second-order valence-corrected chi connectivity index (χ2v) is 9.49. The van der Waals surface area contributed by atoms with E-state index < -0.39 is 10.0 Å². The highest BCUT2D eigenvalue weighted by molar-refractivity contribution is 7.92. The van der Waals surface area contributed by atoms with Crippen LogP contribution in [0.25, 0.3) is 0 Å². The van der Waals surface area contributed by atoms with Crippen LogP contribution in [0.3, 0.4) is 0 Å². The number of anilines is 2. The lowest BCUT2D eigenvalue weighted by Crippen LogP contribution is -2.32. The number of amides is 2. The van der Waals surface area contributed by atoms with Crippen LogP contribution in [0.1, 0.15) is 6.42 Å². The van der Waals surface area contributed by atoms with E-state index >= 15 is 0 Å². The van der Waals surface area contributed by atoms with Crippen molar-refractivity contribution in [3.05, 3.63) is 60.7 Å². The normalized spacial score (nSPS) is 26.9. The molecule has 4 unspecified atom stereocenters. The Bertz CT molecular complexity index is 1140. The van der Waals surface area contributed by atoms with Crippen LogP contribution in [-0.2, 0) is 19.6 Å². The fourth-order valence-corrected chi connectivity index (χ4v) is 5.93. The summed E-state index contributed by atoms with van der Waals surface area (Å²) in [4.78, 5) is 27.1. The van der Waals surface area contributed by atoms with Crippen LogP contribution in [0.15, 0.2) is 65.6 Å². The number of fused-ring (bicyclic) bond motifs is 5. The van der Waals surface area contributed by atoms with E-state index in [0.29, 0.717) is 17.1 Å². The number of nitrogens with zero attached hydrogens (tertiary/aromatic N) is 1. The van der Waals surface area contributed by atoms with Gasteiger partial charge in [-0.25, -0.2) is 8.42 Å². The van der Waals surface area contributed by atoms with E-state index in [4.69, 9.17) is 4.74 Å².